The van der Waals surface area contributed by atoms with Gasteiger partial charge in [0.15, 0.2) is 0 Å². The second kappa shape index (κ2) is 5.21. The van der Waals surface area contributed by atoms with E-state index in [4.69, 9.17) is 4.74 Å². The normalized spacial score (nSPS) is 20.0. The van der Waals surface area contributed by atoms with Gasteiger partial charge in [-0.05, 0) is 23.6 Å². The maximum atomic E-state index is 12.7. The van der Waals surface area contributed by atoms with E-state index >= 15 is 0 Å². The molecule has 0 amide bonds. The SMILES string of the molecule is C=C(C)[C@@H]1CC(c2ccccc2)(c2ccccc2)C(=O)O1. The lowest BCUT2D eigenvalue weighted by Gasteiger charge is -2.26. The van der Waals surface area contributed by atoms with Crippen LogP contribution in [0.5, 0.6) is 0 Å². The van der Waals surface area contributed by atoms with Crippen molar-refractivity contribution in [1.29, 1.82) is 0 Å². The molecule has 0 aliphatic carbocycles. The van der Waals surface area contributed by atoms with E-state index in [0.29, 0.717) is 6.42 Å². The van der Waals surface area contributed by atoms with E-state index in [-0.39, 0.29) is 12.1 Å². The largest absolute Gasteiger partial charge is 0.457 e. The average molecular weight is 278 g/mol. The van der Waals surface area contributed by atoms with Gasteiger partial charge in [-0.3, -0.25) is 4.79 Å². The molecule has 2 aromatic carbocycles. The summed E-state index contributed by atoms with van der Waals surface area (Å²) in [6.07, 6.45) is 0.382. The van der Waals surface area contributed by atoms with Gasteiger partial charge in [-0.1, -0.05) is 67.2 Å². The van der Waals surface area contributed by atoms with Crippen LogP contribution in [0.25, 0.3) is 0 Å². The summed E-state index contributed by atoms with van der Waals surface area (Å²) in [5, 5.41) is 0. The van der Waals surface area contributed by atoms with Crippen LogP contribution in [0.1, 0.15) is 24.5 Å². The van der Waals surface area contributed by atoms with Crippen LogP contribution in [0.2, 0.25) is 0 Å². The Morgan fingerprint density at radius 2 is 1.52 bits per heavy atom. The molecule has 1 saturated heterocycles. The summed E-state index contributed by atoms with van der Waals surface area (Å²) >= 11 is 0. The van der Waals surface area contributed by atoms with Crippen LogP contribution in [0.4, 0.5) is 0 Å². The number of cyclic esters (lactones) is 1. The Morgan fingerprint density at radius 1 is 1.05 bits per heavy atom. The highest BCUT2D eigenvalue weighted by molar-refractivity contribution is 5.90. The van der Waals surface area contributed by atoms with Crippen LogP contribution in [0.15, 0.2) is 72.8 Å². The number of esters is 1. The minimum atomic E-state index is -0.730. The Hall–Kier alpha value is -2.35. The van der Waals surface area contributed by atoms with Crippen molar-refractivity contribution in [2.24, 2.45) is 0 Å². The third kappa shape index (κ3) is 2.17. The van der Waals surface area contributed by atoms with Crippen molar-refractivity contribution in [1.82, 2.24) is 0 Å². The summed E-state index contributed by atoms with van der Waals surface area (Å²) in [5.74, 6) is -0.187. The Kier molecular flexibility index (Phi) is 3.38. The summed E-state index contributed by atoms with van der Waals surface area (Å²) < 4.78 is 5.61. The van der Waals surface area contributed by atoms with Crippen LogP contribution in [-0.2, 0) is 14.9 Å². The molecule has 1 aliphatic rings. The summed E-state index contributed by atoms with van der Waals surface area (Å²) in [6, 6.07) is 19.7. The summed E-state index contributed by atoms with van der Waals surface area (Å²) in [5.41, 5.74) is 2.11. The third-order valence-corrected chi connectivity index (χ3v) is 4.17. The fraction of sp³-hybridized carbons (Fsp3) is 0.211. The van der Waals surface area contributed by atoms with Gasteiger partial charge in [0.05, 0.1) is 0 Å². The zero-order valence-electron chi connectivity index (χ0n) is 12.1. The quantitative estimate of drug-likeness (QED) is 0.629. The highest BCUT2D eigenvalue weighted by Gasteiger charge is 2.51. The van der Waals surface area contributed by atoms with Gasteiger partial charge in [-0.2, -0.15) is 0 Å². The second-order valence-corrected chi connectivity index (χ2v) is 5.58. The number of ether oxygens (including phenoxy) is 1. The molecule has 0 spiro atoms. The molecule has 1 heterocycles. The molecular formula is C19H18O2. The molecule has 0 unspecified atom stereocenters. The van der Waals surface area contributed by atoms with Gasteiger partial charge in [0, 0.05) is 6.42 Å². The molecule has 3 rings (SSSR count). The van der Waals surface area contributed by atoms with Crippen LogP contribution in [-0.4, -0.2) is 12.1 Å². The van der Waals surface area contributed by atoms with Gasteiger partial charge >= 0.3 is 5.97 Å². The first kappa shape index (κ1) is 13.6. The zero-order chi connectivity index (χ0) is 14.9. The monoisotopic (exact) mass is 278 g/mol. The molecule has 0 saturated carbocycles. The minimum Gasteiger partial charge on any atom is -0.457 e. The maximum absolute atomic E-state index is 12.7. The van der Waals surface area contributed by atoms with Crippen LogP contribution >= 0.6 is 0 Å². The molecule has 106 valence electrons. The van der Waals surface area contributed by atoms with E-state index in [1.54, 1.807) is 0 Å². The Morgan fingerprint density at radius 3 is 1.90 bits per heavy atom. The first-order valence-electron chi connectivity index (χ1n) is 7.12. The number of carbonyl (C=O) groups is 1. The van der Waals surface area contributed by atoms with E-state index in [2.05, 4.69) is 6.58 Å². The van der Waals surface area contributed by atoms with E-state index < -0.39 is 5.41 Å². The van der Waals surface area contributed by atoms with Crippen molar-refractivity contribution in [2.45, 2.75) is 24.9 Å². The lowest BCUT2D eigenvalue weighted by Crippen LogP contribution is -2.33. The van der Waals surface area contributed by atoms with Crippen molar-refractivity contribution in [3.63, 3.8) is 0 Å². The predicted octanol–water partition coefficient (Wildman–Crippen LogP) is 3.86. The molecular weight excluding hydrogens is 260 g/mol. The Labute approximate surface area is 125 Å². The molecule has 2 nitrogen and oxygen atoms in total. The standard InChI is InChI=1S/C19H18O2/c1-14(2)17-13-19(18(20)21-17,15-9-5-3-6-10-15)16-11-7-4-8-12-16/h3-12,17H,1,13H2,2H3/t17-/m0/s1. The predicted molar refractivity (Wildman–Crippen MR) is 83.0 cm³/mol. The average Bonchev–Trinajstić information content (AvgIpc) is 2.88. The molecule has 2 heteroatoms. The van der Waals surface area contributed by atoms with Crippen molar-refractivity contribution < 1.29 is 9.53 Å². The van der Waals surface area contributed by atoms with Gasteiger partial charge in [-0.15, -0.1) is 0 Å². The zero-order valence-corrected chi connectivity index (χ0v) is 12.1. The number of hydrogen-bond donors (Lipinski definition) is 0. The van der Waals surface area contributed by atoms with E-state index in [1.165, 1.54) is 0 Å². The molecule has 0 aromatic heterocycles. The van der Waals surface area contributed by atoms with Gasteiger partial charge in [0.1, 0.15) is 11.5 Å². The maximum Gasteiger partial charge on any atom is 0.321 e. The molecule has 0 N–H and O–H groups in total. The van der Waals surface area contributed by atoms with Crippen molar-refractivity contribution in [3.05, 3.63) is 83.9 Å². The number of rotatable bonds is 3. The smallest absolute Gasteiger partial charge is 0.321 e. The van der Waals surface area contributed by atoms with E-state index in [1.807, 2.05) is 67.6 Å². The summed E-state index contributed by atoms with van der Waals surface area (Å²) in [7, 11) is 0. The lowest BCUT2D eigenvalue weighted by molar-refractivity contribution is -0.143. The Balaban J connectivity index is 2.18. The molecule has 1 aliphatic heterocycles. The number of benzene rings is 2. The van der Waals surface area contributed by atoms with Crippen LogP contribution < -0.4 is 0 Å². The van der Waals surface area contributed by atoms with Gasteiger partial charge in [-0.25, -0.2) is 0 Å². The fourth-order valence-electron chi connectivity index (χ4n) is 2.99. The lowest BCUT2D eigenvalue weighted by atomic mass is 9.72. The second-order valence-electron chi connectivity index (χ2n) is 5.58. The topological polar surface area (TPSA) is 26.3 Å². The summed E-state index contributed by atoms with van der Waals surface area (Å²) in [6.45, 7) is 5.85. The molecule has 0 bridgehead atoms. The van der Waals surface area contributed by atoms with Crippen molar-refractivity contribution in [2.75, 3.05) is 0 Å². The molecule has 1 atom stereocenters. The number of hydrogen-bond acceptors (Lipinski definition) is 2. The van der Waals surface area contributed by atoms with Crippen LogP contribution in [0, 0.1) is 0 Å². The molecule has 21 heavy (non-hydrogen) atoms. The van der Waals surface area contributed by atoms with Crippen molar-refractivity contribution >= 4 is 5.97 Å². The highest BCUT2D eigenvalue weighted by Crippen LogP contribution is 2.44. The van der Waals surface area contributed by atoms with Crippen molar-refractivity contribution in [3.8, 4) is 0 Å². The van der Waals surface area contributed by atoms with E-state index in [0.717, 1.165) is 16.7 Å². The van der Waals surface area contributed by atoms with Gasteiger partial charge in [0.25, 0.3) is 0 Å². The molecule has 2 aromatic rings. The number of carbonyl (C=O) groups excluding carboxylic acids is 1. The highest BCUT2D eigenvalue weighted by atomic mass is 16.6. The molecule has 0 radical (unpaired) electrons. The van der Waals surface area contributed by atoms with Crippen LogP contribution in [0.3, 0.4) is 0 Å². The fourth-order valence-corrected chi connectivity index (χ4v) is 2.99. The molecule has 1 fully saturated rings. The van der Waals surface area contributed by atoms with E-state index in [9.17, 15) is 4.79 Å². The van der Waals surface area contributed by atoms with Gasteiger partial charge < -0.3 is 4.74 Å². The minimum absolute atomic E-state index is 0.187. The third-order valence-electron chi connectivity index (χ3n) is 4.17. The first-order chi connectivity index (χ1) is 10.1. The van der Waals surface area contributed by atoms with Gasteiger partial charge in [0.2, 0.25) is 0 Å². The first-order valence-corrected chi connectivity index (χ1v) is 7.12. The summed E-state index contributed by atoms with van der Waals surface area (Å²) in [4.78, 5) is 12.7. The Bertz CT molecular complexity index is 619.